The van der Waals surface area contributed by atoms with E-state index in [0.717, 1.165) is 26.9 Å². The number of benzene rings is 2. The van der Waals surface area contributed by atoms with E-state index in [4.69, 9.17) is 9.47 Å². The Morgan fingerprint density at radius 2 is 1.94 bits per heavy atom. The fourth-order valence-corrected chi connectivity index (χ4v) is 3.79. The number of nitrogens with one attached hydrogen (secondary N) is 2. The number of fused-ring (bicyclic) bond motifs is 1. The van der Waals surface area contributed by atoms with E-state index < -0.39 is 0 Å². The predicted molar refractivity (Wildman–Crippen MR) is 119 cm³/mol. The Kier molecular flexibility index (Phi) is 6.23. The molecule has 11 heteroatoms. The van der Waals surface area contributed by atoms with Gasteiger partial charge in [-0.25, -0.2) is 5.43 Å². The van der Waals surface area contributed by atoms with Gasteiger partial charge in [0.2, 0.25) is 17.8 Å². The van der Waals surface area contributed by atoms with Gasteiger partial charge in [0.25, 0.3) is 5.91 Å². The topological polar surface area (TPSA) is 115 Å². The second-order valence-corrected chi connectivity index (χ2v) is 8.43. The van der Waals surface area contributed by atoms with Gasteiger partial charge in [-0.1, -0.05) is 29.0 Å². The summed E-state index contributed by atoms with van der Waals surface area (Å²) in [6.07, 6.45) is 1.48. The molecule has 0 bridgehead atoms. The molecule has 158 valence electrons. The van der Waals surface area contributed by atoms with Crippen molar-refractivity contribution >= 4 is 50.4 Å². The summed E-state index contributed by atoms with van der Waals surface area (Å²) < 4.78 is 11.4. The van der Waals surface area contributed by atoms with Crippen LogP contribution in [0.4, 0.5) is 5.13 Å². The molecule has 1 aromatic heterocycles. The van der Waals surface area contributed by atoms with Gasteiger partial charge in [0, 0.05) is 15.6 Å². The van der Waals surface area contributed by atoms with Crippen molar-refractivity contribution in [1.29, 1.82) is 0 Å². The molecular weight excluding hydrogens is 486 g/mol. The lowest BCUT2D eigenvalue weighted by Gasteiger charge is -2.02. The molecule has 0 spiro atoms. The lowest BCUT2D eigenvalue weighted by atomic mass is 10.1. The molecule has 9 nitrogen and oxygen atoms in total. The standard InChI is InChI=1S/C20H16BrN5O4S/c1-11-2-4-12(5-3-11)19(28)23-20-26-25-18(31-20)8-17(27)24-22-9-13-6-15-16(7-14(13)21)30-10-29-15/h2-7,9H,8,10H2,1H3,(H,24,27)(H,23,26,28). The van der Waals surface area contributed by atoms with E-state index in [1.807, 2.05) is 19.1 Å². The van der Waals surface area contributed by atoms with Crippen molar-refractivity contribution in [3.8, 4) is 11.5 Å². The molecule has 0 aliphatic carbocycles. The normalized spacial score (nSPS) is 12.2. The summed E-state index contributed by atoms with van der Waals surface area (Å²) in [5.74, 6) is 0.617. The highest BCUT2D eigenvalue weighted by Crippen LogP contribution is 2.36. The van der Waals surface area contributed by atoms with E-state index in [-0.39, 0.29) is 25.0 Å². The number of anilines is 1. The summed E-state index contributed by atoms with van der Waals surface area (Å²) >= 11 is 4.55. The van der Waals surface area contributed by atoms with Crippen molar-refractivity contribution < 1.29 is 19.1 Å². The first-order chi connectivity index (χ1) is 15.0. The van der Waals surface area contributed by atoms with Crippen molar-refractivity contribution in [3.05, 3.63) is 62.6 Å². The molecule has 2 amide bonds. The molecule has 2 N–H and O–H groups in total. The summed E-state index contributed by atoms with van der Waals surface area (Å²) in [6, 6.07) is 10.7. The van der Waals surface area contributed by atoms with Crippen LogP contribution in [0, 0.1) is 6.92 Å². The molecule has 0 unspecified atom stereocenters. The van der Waals surface area contributed by atoms with E-state index in [0.29, 0.717) is 27.2 Å². The number of hydrogen-bond acceptors (Lipinski definition) is 8. The largest absolute Gasteiger partial charge is 0.454 e. The molecule has 1 aliphatic heterocycles. The third kappa shape index (κ3) is 5.25. The summed E-state index contributed by atoms with van der Waals surface area (Å²) in [6.45, 7) is 2.12. The second-order valence-electron chi connectivity index (χ2n) is 6.52. The third-order valence-electron chi connectivity index (χ3n) is 4.20. The SMILES string of the molecule is Cc1ccc(C(=O)Nc2nnc(CC(=O)NN=Cc3cc4c(cc3Br)OCO4)s2)cc1. The Bertz CT molecular complexity index is 1160. The van der Waals surface area contributed by atoms with Crippen LogP contribution in [0.2, 0.25) is 0 Å². The van der Waals surface area contributed by atoms with Gasteiger partial charge in [-0.2, -0.15) is 5.10 Å². The van der Waals surface area contributed by atoms with Crippen LogP contribution in [0.3, 0.4) is 0 Å². The zero-order valence-electron chi connectivity index (χ0n) is 16.2. The Morgan fingerprint density at radius 3 is 2.71 bits per heavy atom. The van der Waals surface area contributed by atoms with E-state index in [2.05, 4.69) is 42.0 Å². The lowest BCUT2D eigenvalue weighted by molar-refractivity contribution is -0.120. The predicted octanol–water partition coefficient (Wildman–Crippen LogP) is 3.28. The van der Waals surface area contributed by atoms with E-state index in [1.165, 1.54) is 6.21 Å². The van der Waals surface area contributed by atoms with Crippen molar-refractivity contribution in [1.82, 2.24) is 15.6 Å². The van der Waals surface area contributed by atoms with E-state index in [1.54, 1.807) is 24.3 Å². The molecule has 3 aromatic rings. The Balaban J connectivity index is 1.30. The maximum absolute atomic E-state index is 12.2. The molecule has 2 heterocycles. The number of ether oxygens (including phenoxy) is 2. The minimum Gasteiger partial charge on any atom is -0.454 e. The summed E-state index contributed by atoms with van der Waals surface area (Å²) in [4.78, 5) is 24.4. The van der Waals surface area contributed by atoms with Gasteiger partial charge in [0.15, 0.2) is 11.5 Å². The van der Waals surface area contributed by atoms with Crippen molar-refractivity contribution in [3.63, 3.8) is 0 Å². The number of hydrogen-bond donors (Lipinski definition) is 2. The molecule has 0 radical (unpaired) electrons. The minimum absolute atomic E-state index is 0.0162. The highest BCUT2D eigenvalue weighted by molar-refractivity contribution is 9.10. The molecule has 1 aliphatic rings. The fraction of sp³-hybridized carbons (Fsp3) is 0.150. The molecule has 0 saturated heterocycles. The first kappa shape index (κ1) is 20.9. The number of hydrazone groups is 1. The van der Waals surface area contributed by atoms with Crippen LogP contribution in [0.15, 0.2) is 46.0 Å². The smallest absolute Gasteiger partial charge is 0.257 e. The first-order valence-electron chi connectivity index (χ1n) is 9.09. The molecule has 2 aromatic carbocycles. The maximum atomic E-state index is 12.2. The summed E-state index contributed by atoms with van der Waals surface area (Å²) in [7, 11) is 0. The van der Waals surface area contributed by atoms with Crippen LogP contribution < -0.4 is 20.2 Å². The van der Waals surface area contributed by atoms with Crippen molar-refractivity contribution in [2.75, 3.05) is 12.1 Å². The van der Waals surface area contributed by atoms with Gasteiger partial charge in [-0.3, -0.25) is 14.9 Å². The van der Waals surface area contributed by atoms with E-state index >= 15 is 0 Å². The molecule has 31 heavy (non-hydrogen) atoms. The maximum Gasteiger partial charge on any atom is 0.257 e. The average Bonchev–Trinajstić information content (AvgIpc) is 3.37. The summed E-state index contributed by atoms with van der Waals surface area (Å²) in [5, 5.41) is 15.3. The van der Waals surface area contributed by atoms with Gasteiger partial charge in [0.05, 0.1) is 12.6 Å². The first-order valence-corrected chi connectivity index (χ1v) is 10.7. The lowest BCUT2D eigenvalue weighted by Crippen LogP contribution is -2.19. The van der Waals surface area contributed by atoms with Crippen molar-refractivity contribution in [2.24, 2.45) is 5.10 Å². The number of halogens is 1. The van der Waals surface area contributed by atoms with Crippen molar-refractivity contribution in [2.45, 2.75) is 13.3 Å². The number of aryl methyl sites for hydroxylation is 1. The highest BCUT2D eigenvalue weighted by Gasteiger charge is 2.16. The Morgan fingerprint density at radius 1 is 1.19 bits per heavy atom. The van der Waals surface area contributed by atoms with Gasteiger partial charge in [0.1, 0.15) is 5.01 Å². The van der Waals surface area contributed by atoms with E-state index in [9.17, 15) is 9.59 Å². The average molecular weight is 502 g/mol. The van der Waals surface area contributed by atoms with Crippen LogP contribution in [0.5, 0.6) is 11.5 Å². The number of nitrogens with zero attached hydrogens (tertiary/aromatic N) is 3. The quantitative estimate of drug-likeness (QED) is 0.395. The molecular formula is C20H16BrN5O4S. The van der Waals surface area contributed by atoms with Gasteiger partial charge < -0.3 is 9.47 Å². The zero-order chi connectivity index (χ0) is 21.8. The van der Waals surface area contributed by atoms with Gasteiger partial charge >= 0.3 is 0 Å². The van der Waals surface area contributed by atoms with Crippen LogP contribution in [0.1, 0.15) is 26.5 Å². The summed E-state index contributed by atoms with van der Waals surface area (Å²) in [5.41, 5.74) is 4.75. The van der Waals surface area contributed by atoms with Gasteiger partial charge in [-0.15, -0.1) is 10.2 Å². The Hall–Kier alpha value is -3.31. The third-order valence-corrected chi connectivity index (χ3v) is 5.72. The van der Waals surface area contributed by atoms with Crippen LogP contribution in [-0.4, -0.2) is 35.0 Å². The number of aromatic nitrogens is 2. The minimum atomic E-state index is -0.360. The van der Waals surface area contributed by atoms with Crippen LogP contribution in [0.25, 0.3) is 0 Å². The molecule has 4 rings (SSSR count). The highest BCUT2D eigenvalue weighted by atomic mass is 79.9. The second kappa shape index (κ2) is 9.23. The molecule has 0 fully saturated rings. The number of carbonyl (C=O) groups is 2. The number of carbonyl (C=O) groups excluding carboxylic acids is 2. The fourth-order valence-electron chi connectivity index (χ4n) is 2.63. The zero-order valence-corrected chi connectivity index (χ0v) is 18.6. The Labute approximate surface area is 189 Å². The number of amides is 2. The molecule has 0 saturated carbocycles. The molecule has 0 atom stereocenters. The van der Waals surface area contributed by atoms with Crippen LogP contribution >= 0.6 is 27.3 Å². The van der Waals surface area contributed by atoms with Crippen LogP contribution in [-0.2, 0) is 11.2 Å². The van der Waals surface area contributed by atoms with Gasteiger partial charge in [-0.05, 0) is 47.1 Å². The number of rotatable bonds is 6. The monoisotopic (exact) mass is 501 g/mol.